The zero-order valence-corrected chi connectivity index (χ0v) is 22.8. The summed E-state index contributed by atoms with van der Waals surface area (Å²) >= 11 is 0. The smallest absolute Gasteiger partial charge is 0.231 e. The molecular formula is C32H36N2O6. The number of likely N-dealkylation sites (tertiary alicyclic amines) is 2. The maximum atomic E-state index is 14.2. The molecule has 0 bridgehead atoms. The number of fused-ring (bicyclic) bond motifs is 2. The van der Waals surface area contributed by atoms with Crippen LogP contribution in [0, 0.1) is 17.8 Å². The molecule has 8 nitrogen and oxygen atoms in total. The number of nitrogens with zero attached hydrogens (tertiary/aromatic N) is 2. The second-order valence-corrected chi connectivity index (χ2v) is 11.5. The van der Waals surface area contributed by atoms with Crippen LogP contribution in [0.5, 0.6) is 23.0 Å². The Kier molecular flexibility index (Phi) is 6.77. The molecule has 7 rings (SSSR count). The largest absolute Gasteiger partial charge is 0.454 e. The number of carbonyl (C=O) groups is 2. The number of hydrogen-bond acceptors (Lipinski definition) is 6. The number of ether oxygens (including phenoxy) is 4. The van der Waals surface area contributed by atoms with Crippen molar-refractivity contribution in [1.29, 1.82) is 0 Å². The number of hydrogen-bond donors (Lipinski definition) is 0. The van der Waals surface area contributed by atoms with E-state index < -0.39 is 11.8 Å². The van der Waals surface area contributed by atoms with Crippen LogP contribution in [0.3, 0.4) is 0 Å². The molecule has 4 heterocycles. The van der Waals surface area contributed by atoms with Gasteiger partial charge in [0.2, 0.25) is 25.4 Å². The van der Waals surface area contributed by atoms with Crippen LogP contribution in [0.4, 0.5) is 0 Å². The summed E-state index contributed by atoms with van der Waals surface area (Å²) in [5, 5.41) is 0. The molecule has 8 heteroatoms. The average Bonchev–Trinajstić information content (AvgIpc) is 3.66. The van der Waals surface area contributed by atoms with Gasteiger partial charge in [-0.15, -0.1) is 0 Å². The topological polar surface area (TPSA) is 77.5 Å². The lowest BCUT2D eigenvalue weighted by Crippen LogP contribution is -2.59. The maximum Gasteiger partial charge on any atom is 0.231 e. The molecule has 40 heavy (non-hydrogen) atoms. The van der Waals surface area contributed by atoms with Gasteiger partial charge in [0.25, 0.3) is 0 Å². The normalized spacial score (nSPS) is 27.1. The Balaban J connectivity index is 1.26. The van der Waals surface area contributed by atoms with Crippen LogP contribution in [-0.2, 0) is 9.59 Å². The lowest BCUT2D eigenvalue weighted by molar-refractivity contribution is -0.159. The molecule has 0 aromatic heterocycles. The van der Waals surface area contributed by atoms with Crippen LogP contribution < -0.4 is 18.9 Å². The minimum Gasteiger partial charge on any atom is -0.454 e. The molecule has 1 aliphatic carbocycles. The molecule has 2 aromatic rings. The monoisotopic (exact) mass is 544 g/mol. The zero-order chi connectivity index (χ0) is 27.1. The van der Waals surface area contributed by atoms with Gasteiger partial charge in [-0.2, -0.15) is 0 Å². The highest BCUT2D eigenvalue weighted by Crippen LogP contribution is 2.56. The Hall–Kier alpha value is -3.68. The van der Waals surface area contributed by atoms with Gasteiger partial charge in [0.1, 0.15) is 0 Å². The quantitative estimate of drug-likeness (QED) is 0.537. The molecule has 3 fully saturated rings. The summed E-state index contributed by atoms with van der Waals surface area (Å²) < 4.78 is 22.3. The first-order chi connectivity index (χ1) is 19.7. The summed E-state index contributed by atoms with van der Waals surface area (Å²) in [6.07, 6.45) is 10.6. The van der Waals surface area contributed by atoms with Crippen LogP contribution in [0.2, 0.25) is 0 Å². The van der Waals surface area contributed by atoms with Crippen molar-refractivity contribution in [2.45, 2.75) is 44.4 Å². The highest BCUT2D eigenvalue weighted by molar-refractivity contribution is 5.92. The van der Waals surface area contributed by atoms with E-state index in [4.69, 9.17) is 18.9 Å². The number of carbonyl (C=O) groups excluding carboxylic acids is 2. The van der Waals surface area contributed by atoms with Crippen molar-refractivity contribution < 1.29 is 28.5 Å². The molecule has 4 aliphatic heterocycles. The second kappa shape index (κ2) is 10.7. The summed E-state index contributed by atoms with van der Waals surface area (Å²) in [6.45, 7) is 3.50. The predicted molar refractivity (Wildman–Crippen MR) is 148 cm³/mol. The first-order valence-electron chi connectivity index (χ1n) is 14.7. The number of benzene rings is 2. The number of allylic oxidation sites excluding steroid dienone is 1. The number of piperidine rings is 2. The summed E-state index contributed by atoms with van der Waals surface area (Å²) in [4.78, 5) is 32.3. The fourth-order valence-electron chi connectivity index (χ4n) is 7.08. The van der Waals surface area contributed by atoms with Crippen LogP contribution >= 0.6 is 0 Å². The standard InChI is InChI=1S/C32H36N2O6/c35-31(33-13-3-1-4-14-33)29-23(10-7-21-8-11-24-26(17-21)39-19-37-24)28(22-9-12-25-27(18-22)40-20-38-25)30(29)32(36)34-15-5-2-6-16-34/h7-12,17-18,23,28-30H,1-6,13-16,19-20H2/t23-,28-,29+,30+/m1/s1. The van der Waals surface area contributed by atoms with E-state index in [-0.39, 0.29) is 37.2 Å². The third-order valence-electron chi connectivity index (χ3n) is 9.20. The molecule has 0 unspecified atom stereocenters. The Morgan fingerprint density at radius 2 is 1.20 bits per heavy atom. The fraction of sp³-hybridized carbons (Fsp3) is 0.500. The van der Waals surface area contributed by atoms with Gasteiger partial charge < -0.3 is 28.7 Å². The van der Waals surface area contributed by atoms with Crippen LogP contribution in [0.15, 0.2) is 42.5 Å². The first-order valence-corrected chi connectivity index (χ1v) is 14.7. The molecule has 4 atom stereocenters. The van der Waals surface area contributed by atoms with Gasteiger partial charge in [0.15, 0.2) is 23.0 Å². The third kappa shape index (κ3) is 4.57. The lowest BCUT2D eigenvalue weighted by atomic mass is 9.53. The van der Waals surface area contributed by atoms with E-state index in [0.717, 1.165) is 93.1 Å². The van der Waals surface area contributed by atoms with E-state index in [1.54, 1.807) is 0 Å². The Labute approximate surface area is 234 Å². The average molecular weight is 545 g/mol. The van der Waals surface area contributed by atoms with Crippen molar-refractivity contribution in [2.24, 2.45) is 17.8 Å². The first kappa shape index (κ1) is 25.3. The van der Waals surface area contributed by atoms with Crippen molar-refractivity contribution in [2.75, 3.05) is 39.8 Å². The van der Waals surface area contributed by atoms with Gasteiger partial charge in [-0.3, -0.25) is 9.59 Å². The molecule has 2 saturated heterocycles. The van der Waals surface area contributed by atoms with Gasteiger partial charge in [-0.05, 0) is 79.8 Å². The van der Waals surface area contributed by atoms with Gasteiger partial charge in [-0.1, -0.05) is 24.3 Å². The molecule has 5 aliphatic rings. The molecule has 0 spiro atoms. The lowest BCUT2D eigenvalue weighted by Gasteiger charge is -2.52. The number of amides is 2. The van der Waals surface area contributed by atoms with Gasteiger partial charge in [0.05, 0.1) is 11.8 Å². The molecule has 210 valence electrons. The SMILES string of the molecule is O=C([C@@H]1[C@@H](C(=O)N2CCCCC2)[C@H](C=Cc2ccc3c(c2)OCO3)[C@H]1c1ccc2c(c1)OCO2)N1CCCCC1. The third-order valence-corrected chi connectivity index (χ3v) is 9.20. The highest BCUT2D eigenvalue weighted by Gasteiger charge is 2.58. The van der Waals surface area contributed by atoms with Crippen molar-refractivity contribution in [1.82, 2.24) is 9.80 Å². The summed E-state index contributed by atoms with van der Waals surface area (Å²) in [5.74, 6) is 2.06. The van der Waals surface area contributed by atoms with E-state index in [2.05, 4.69) is 12.2 Å². The summed E-state index contributed by atoms with van der Waals surface area (Å²) in [6, 6.07) is 11.8. The van der Waals surface area contributed by atoms with Crippen molar-refractivity contribution in [3.8, 4) is 23.0 Å². The van der Waals surface area contributed by atoms with E-state index in [9.17, 15) is 9.59 Å². The number of rotatable bonds is 5. The minimum absolute atomic E-state index is 0.116. The minimum atomic E-state index is -0.403. The van der Waals surface area contributed by atoms with Gasteiger partial charge in [0, 0.05) is 32.1 Å². The van der Waals surface area contributed by atoms with Crippen LogP contribution in [0.25, 0.3) is 6.08 Å². The van der Waals surface area contributed by atoms with Crippen molar-refractivity contribution in [3.05, 3.63) is 53.6 Å². The Morgan fingerprint density at radius 1 is 0.650 bits per heavy atom. The molecule has 1 saturated carbocycles. The van der Waals surface area contributed by atoms with Crippen LogP contribution in [0.1, 0.15) is 55.6 Å². The van der Waals surface area contributed by atoms with Crippen LogP contribution in [-0.4, -0.2) is 61.4 Å². The molecule has 2 amide bonds. The van der Waals surface area contributed by atoms with Crippen molar-refractivity contribution >= 4 is 17.9 Å². The van der Waals surface area contributed by atoms with E-state index in [0.29, 0.717) is 5.75 Å². The zero-order valence-electron chi connectivity index (χ0n) is 22.8. The fourth-order valence-corrected chi connectivity index (χ4v) is 7.08. The second-order valence-electron chi connectivity index (χ2n) is 11.5. The van der Waals surface area contributed by atoms with Gasteiger partial charge in [-0.25, -0.2) is 0 Å². The molecular weight excluding hydrogens is 508 g/mol. The molecule has 2 aromatic carbocycles. The Bertz CT molecular complexity index is 1310. The summed E-state index contributed by atoms with van der Waals surface area (Å²) in [7, 11) is 0. The van der Waals surface area contributed by atoms with E-state index in [1.807, 2.05) is 46.2 Å². The van der Waals surface area contributed by atoms with E-state index >= 15 is 0 Å². The molecule has 0 radical (unpaired) electrons. The van der Waals surface area contributed by atoms with Crippen molar-refractivity contribution in [3.63, 3.8) is 0 Å². The summed E-state index contributed by atoms with van der Waals surface area (Å²) in [5.41, 5.74) is 1.99. The maximum absolute atomic E-state index is 14.2. The predicted octanol–water partition coefficient (Wildman–Crippen LogP) is 4.83. The van der Waals surface area contributed by atoms with E-state index in [1.165, 1.54) is 0 Å². The Morgan fingerprint density at radius 3 is 1.85 bits per heavy atom. The molecule has 0 N–H and O–H groups in total. The highest BCUT2D eigenvalue weighted by atomic mass is 16.7. The van der Waals surface area contributed by atoms with Gasteiger partial charge >= 0.3 is 0 Å².